The van der Waals surface area contributed by atoms with Crippen molar-refractivity contribution in [1.82, 2.24) is 0 Å². The summed E-state index contributed by atoms with van der Waals surface area (Å²) in [4.78, 5) is 0. The second kappa shape index (κ2) is 4.62. The van der Waals surface area contributed by atoms with Crippen LogP contribution in [0.5, 0.6) is 0 Å². The Bertz CT molecular complexity index is 481. The molecule has 18 heavy (non-hydrogen) atoms. The van der Waals surface area contributed by atoms with Crippen molar-refractivity contribution in [2.45, 2.75) is 37.2 Å². The molecular formula is C16H18O2. The third-order valence-corrected chi connectivity index (χ3v) is 4.23. The first kappa shape index (κ1) is 11.5. The van der Waals surface area contributed by atoms with E-state index < -0.39 is 6.10 Å². The average molecular weight is 242 g/mol. The quantitative estimate of drug-likeness (QED) is 0.887. The molecule has 1 N–H and O–H groups in total. The first-order valence-corrected chi connectivity index (χ1v) is 6.59. The molecule has 94 valence electrons. The minimum Gasteiger partial charge on any atom is -0.472 e. The lowest BCUT2D eigenvalue weighted by Crippen LogP contribution is -2.30. The topological polar surface area (TPSA) is 33.4 Å². The molecule has 0 spiro atoms. The number of aliphatic hydroxyl groups excluding tert-OH is 1. The Labute approximate surface area is 107 Å². The van der Waals surface area contributed by atoms with Gasteiger partial charge in [-0.05, 0) is 24.5 Å². The molecule has 0 amide bonds. The van der Waals surface area contributed by atoms with E-state index in [1.165, 1.54) is 18.4 Å². The first-order chi connectivity index (χ1) is 8.83. The smallest absolute Gasteiger partial charge is 0.0960 e. The predicted molar refractivity (Wildman–Crippen MR) is 70.3 cm³/mol. The molecule has 1 aromatic carbocycles. The summed E-state index contributed by atoms with van der Waals surface area (Å²) in [5.41, 5.74) is 2.00. The Morgan fingerprint density at radius 1 is 1.06 bits per heavy atom. The van der Waals surface area contributed by atoms with Crippen LogP contribution < -0.4 is 0 Å². The van der Waals surface area contributed by atoms with Crippen LogP contribution in [0.4, 0.5) is 0 Å². The van der Waals surface area contributed by atoms with Crippen LogP contribution in [-0.4, -0.2) is 5.11 Å². The van der Waals surface area contributed by atoms with Crippen LogP contribution in [0.15, 0.2) is 53.3 Å². The Kier molecular flexibility index (Phi) is 2.96. The van der Waals surface area contributed by atoms with E-state index in [4.69, 9.17) is 4.42 Å². The molecule has 1 fully saturated rings. The molecule has 0 bridgehead atoms. The fourth-order valence-corrected chi connectivity index (χ4v) is 3.25. The molecule has 1 saturated carbocycles. The summed E-state index contributed by atoms with van der Waals surface area (Å²) >= 11 is 0. The van der Waals surface area contributed by atoms with E-state index in [1.807, 2.05) is 12.1 Å². The number of aliphatic hydroxyl groups is 1. The van der Waals surface area contributed by atoms with Crippen LogP contribution in [0.25, 0.3) is 0 Å². The number of rotatable bonds is 3. The van der Waals surface area contributed by atoms with Crippen LogP contribution in [0, 0.1) is 0 Å². The number of hydrogen-bond acceptors (Lipinski definition) is 2. The summed E-state index contributed by atoms with van der Waals surface area (Å²) in [7, 11) is 0. The number of furan rings is 1. The van der Waals surface area contributed by atoms with E-state index in [1.54, 1.807) is 12.5 Å². The second-order valence-corrected chi connectivity index (χ2v) is 5.19. The zero-order valence-electron chi connectivity index (χ0n) is 10.4. The summed E-state index contributed by atoms with van der Waals surface area (Å²) in [6.45, 7) is 0. The molecule has 0 aliphatic heterocycles. The average Bonchev–Trinajstić information content (AvgIpc) is 3.11. The molecule has 0 radical (unpaired) electrons. The highest BCUT2D eigenvalue weighted by atomic mass is 16.3. The fraction of sp³-hybridized carbons (Fsp3) is 0.375. The Hall–Kier alpha value is -1.54. The molecular weight excluding hydrogens is 224 g/mol. The van der Waals surface area contributed by atoms with E-state index >= 15 is 0 Å². The van der Waals surface area contributed by atoms with E-state index in [-0.39, 0.29) is 5.41 Å². The van der Waals surface area contributed by atoms with Gasteiger partial charge in [-0.2, -0.15) is 0 Å². The van der Waals surface area contributed by atoms with E-state index in [2.05, 4.69) is 24.3 Å². The maximum Gasteiger partial charge on any atom is 0.0960 e. The van der Waals surface area contributed by atoms with Gasteiger partial charge >= 0.3 is 0 Å². The number of benzene rings is 1. The third-order valence-electron chi connectivity index (χ3n) is 4.23. The summed E-state index contributed by atoms with van der Waals surface area (Å²) in [5, 5.41) is 10.8. The van der Waals surface area contributed by atoms with Gasteiger partial charge in [0.25, 0.3) is 0 Å². The van der Waals surface area contributed by atoms with E-state index in [9.17, 15) is 5.11 Å². The van der Waals surface area contributed by atoms with Crippen molar-refractivity contribution in [3.63, 3.8) is 0 Å². The molecule has 2 aromatic rings. The first-order valence-electron chi connectivity index (χ1n) is 6.59. The minimum absolute atomic E-state index is 0.134. The lowest BCUT2D eigenvalue weighted by molar-refractivity contribution is 0.0816. The van der Waals surface area contributed by atoms with Crippen molar-refractivity contribution in [2.24, 2.45) is 0 Å². The molecule has 2 nitrogen and oxygen atoms in total. The highest BCUT2D eigenvalue weighted by Gasteiger charge is 2.42. The van der Waals surface area contributed by atoms with Crippen molar-refractivity contribution >= 4 is 0 Å². The van der Waals surface area contributed by atoms with Gasteiger partial charge in [-0.1, -0.05) is 43.2 Å². The van der Waals surface area contributed by atoms with Crippen LogP contribution in [-0.2, 0) is 5.41 Å². The largest absolute Gasteiger partial charge is 0.472 e. The van der Waals surface area contributed by atoms with Gasteiger partial charge in [-0.25, -0.2) is 0 Å². The van der Waals surface area contributed by atoms with Crippen molar-refractivity contribution < 1.29 is 9.52 Å². The lowest BCUT2D eigenvalue weighted by Gasteiger charge is -2.34. The van der Waals surface area contributed by atoms with E-state index in [0.717, 1.165) is 18.4 Å². The molecule has 1 heterocycles. The summed E-state index contributed by atoms with van der Waals surface area (Å²) in [6.07, 6.45) is 7.28. The zero-order chi connectivity index (χ0) is 12.4. The molecule has 1 aliphatic carbocycles. The molecule has 2 heteroatoms. The molecule has 0 saturated heterocycles. The summed E-state index contributed by atoms with van der Waals surface area (Å²) in [6, 6.07) is 12.3. The van der Waals surface area contributed by atoms with Gasteiger partial charge < -0.3 is 9.52 Å². The summed E-state index contributed by atoms with van der Waals surface area (Å²) in [5.74, 6) is 0. The van der Waals surface area contributed by atoms with Gasteiger partial charge in [0.05, 0.1) is 18.6 Å². The Morgan fingerprint density at radius 2 is 1.78 bits per heavy atom. The van der Waals surface area contributed by atoms with Crippen molar-refractivity contribution in [1.29, 1.82) is 0 Å². The SMILES string of the molecule is OC(c1ccoc1)C1(c2ccccc2)CCCC1. The highest BCUT2D eigenvalue weighted by Crippen LogP contribution is 2.49. The van der Waals surface area contributed by atoms with Crippen LogP contribution in [0.2, 0.25) is 0 Å². The highest BCUT2D eigenvalue weighted by molar-refractivity contribution is 5.32. The molecule has 1 unspecified atom stereocenters. The van der Waals surface area contributed by atoms with Crippen LogP contribution >= 0.6 is 0 Å². The minimum atomic E-state index is -0.471. The monoisotopic (exact) mass is 242 g/mol. The molecule has 1 aliphatic rings. The summed E-state index contributed by atoms with van der Waals surface area (Å²) < 4.78 is 5.12. The van der Waals surface area contributed by atoms with Gasteiger partial charge in [-0.3, -0.25) is 0 Å². The fourth-order valence-electron chi connectivity index (χ4n) is 3.25. The lowest BCUT2D eigenvalue weighted by atomic mass is 9.72. The third kappa shape index (κ3) is 1.77. The maximum atomic E-state index is 10.8. The van der Waals surface area contributed by atoms with Gasteiger partial charge in [-0.15, -0.1) is 0 Å². The van der Waals surface area contributed by atoms with Crippen molar-refractivity contribution in [3.8, 4) is 0 Å². The van der Waals surface area contributed by atoms with E-state index in [0.29, 0.717) is 0 Å². The zero-order valence-corrected chi connectivity index (χ0v) is 10.4. The van der Waals surface area contributed by atoms with Crippen LogP contribution in [0.1, 0.15) is 42.9 Å². The Morgan fingerprint density at radius 3 is 2.39 bits per heavy atom. The van der Waals surface area contributed by atoms with Crippen LogP contribution in [0.3, 0.4) is 0 Å². The standard InChI is InChI=1S/C16H18O2/c17-15(13-8-11-18-12-13)16(9-4-5-10-16)14-6-2-1-3-7-14/h1-3,6-8,11-12,15,17H,4-5,9-10H2. The molecule has 3 rings (SSSR count). The van der Waals surface area contributed by atoms with Crippen molar-refractivity contribution in [3.05, 3.63) is 60.1 Å². The van der Waals surface area contributed by atoms with Gasteiger partial charge in [0.2, 0.25) is 0 Å². The van der Waals surface area contributed by atoms with Gasteiger partial charge in [0, 0.05) is 11.0 Å². The Balaban J connectivity index is 2.02. The van der Waals surface area contributed by atoms with Crippen molar-refractivity contribution in [2.75, 3.05) is 0 Å². The predicted octanol–water partition coefficient (Wildman–Crippen LogP) is 3.83. The molecule has 1 atom stereocenters. The normalized spacial score (nSPS) is 19.8. The second-order valence-electron chi connectivity index (χ2n) is 5.19. The number of hydrogen-bond donors (Lipinski definition) is 1. The van der Waals surface area contributed by atoms with Gasteiger partial charge in [0.15, 0.2) is 0 Å². The maximum absolute atomic E-state index is 10.8. The van der Waals surface area contributed by atoms with Gasteiger partial charge in [0.1, 0.15) is 0 Å². The molecule has 1 aromatic heterocycles.